The molecule has 2 aromatic rings. The van der Waals surface area contributed by atoms with Crippen molar-refractivity contribution in [2.75, 3.05) is 23.5 Å². The Morgan fingerprint density at radius 3 is 2.68 bits per heavy atom. The van der Waals surface area contributed by atoms with Crippen molar-refractivity contribution in [2.45, 2.75) is 31.7 Å². The molecule has 0 bridgehead atoms. The first-order valence-electron chi connectivity index (χ1n) is 9.27. The van der Waals surface area contributed by atoms with Gasteiger partial charge in [-0.15, -0.1) is 0 Å². The normalized spacial score (nSPS) is 22.8. The molecule has 4 rings (SSSR count). The Morgan fingerprint density at radius 2 is 1.93 bits per heavy atom. The average Bonchev–Trinajstić information content (AvgIpc) is 3.13. The lowest BCUT2D eigenvalue weighted by atomic mass is 10.1. The zero-order valence-corrected chi connectivity index (χ0v) is 17.9. The van der Waals surface area contributed by atoms with E-state index >= 15 is 0 Å². The van der Waals surface area contributed by atoms with Gasteiger partial charge in [0, 0.05) is 5.75 Å². The quantitative estimate of drug-likeness (QED) is 0.762. The molecule has 1 saturated heterocycles. The van der Waals surface area contributed by atoms with Crippen LogP contribution in [0.3, 0.4) is 0 Å². The van der Waals surface area contributed by atoms with Crippen LogP contribution in [0, 0.1) is 13.8 Å². The minimum absolute atomic E-state index is 0.122. The lowest BCUT2D eigenvalue weighted by molar-refractivity contribution is 0.415. The average molecular weight is 417 g/mol. The van der Waals surface area contributed by atoms with E-state index in [1.165, 1.54) is 16.7 Å². The summed E-state index contributed by atoms with van der Waals surface area (Å²) in [7, 11) is -1.43. The summed E-state index contributed by atoms with van der Waals surface area (Å²) < 4.78 is 29.9. The Kier molecular flexibility index (Phi) is 5.14. The fraction of sp³-hybridized carbons (Fsp3) is 0.381. The van der Waals surface area contributed by atoms with Gasteiger partial charge < -0.3 is 9.64 Å². The second-order valence-electron chi connectivity index (χ2n) is 7.37. The van der Waals surface area contributed by atoms with Crippen molar-refractivity contribution >= 4 is 32.5 Å². The lowest BCUT2D eigenvalue weighted by Crippen LogP contribution is -2.39. The van der Waals surface area contributed by atoms with E-state index in [1.54, 1.807) is 18.9 Å². The summed E-state index contributed by atoms with van der Waals surface area (Å²) in [5.74, 6) is 1.77. The zero-order chi connectivity index (χ0) is 19.9. The molecular weight excluding hydrogens is 392 g/mol. The Labute approximate surface area is 170 Å². The van der Waals surface area contributed by atoms with E-state index in [9.17, 15) is 8.42 Å². The number of benzene rings is 2. The van der Waals surface area contributed by atoms with Crippen LogP contribution >= 0.6 is 11.8 Å². The number of para-hydroxylation sites is 2. The number of anilines is 1. The molecule has 1 fully saturated rings. The van der Waals surface area contributed by atoms with Gasteiger partial charge in [-0.1, -0.05) is 42.1 Å². The second-order valence-corrected chi connectivity index (χ2v) is 10.5. The van der Waals surface area contributed by atoms with Crippen LogP contribution in [0.25, 0.3) is 0 Å². The molecular formula is C21H24N2O3S2. The molecule has 2 aliphatic rings. The minimum Gasteiger partial charge on any atom is -0.495 e. The fourth-order valence-electron chi connectivity index (χ4n) is 3.78. The number of rotatable bonds is 4. The van der Waals surface area contributed by atoms with Gasteiger partial charge in [0.1, 0.15) is 5.75 Å². The molecule has 0 saturated carbocycles. The van der Waals surface area contributed by atoms with Crippen molar-refractivity contribution in [3.8, 4) is 5.75 Å². The maximum atomic E-state index is 12.2. The fourth-order valence-corrected chi connectivity index (χ4v) is 6.69. The van der Waals surface area contributed by atoms with Crippen LogP contribution in [-0.2, 0) is 15.6 Å². The van der Waals surface area contributed by atoms with E-state index in [2.05, 4.69) is 36.9 Å². The van der Waals surface area contributed by atoms with E-state index in [0.717, 1.165) is 22.4 Å². The number of sulfone groups is 1. The van der Waals surface area contributed by atoms with Crippen molar-refractivity contribution < 1.29 is 13.2 Å². The molecule has 2 unspecified atom stereocenters. The first-order chi connectivity index (χ1) is 13.4. The Hall–Kier alpha value is -1.99. The lowest BCUT2D eigenvalue weighted by Gasteiger charge is -2.28. The summed E-state index contributed by atoms with van der Waals surface area (Å²) >= 11 is 1.66. The summed E-state index contributed by atoms with van der Waals surface area (Å²) in [5.41, 5.74) is 4.67. The van der Waals surface area contributed by atoms with Gasteiger partial charge in [0.2, 0.25) is 0 Å². The maximum Gasteiger partial charge on any atom is 0.164 e. The highest BCUT2D eigenvalue weighted by Gasteiger charge is 2.47. The van der Waals surface area contributed by atoms with Gasteiger partial charge in [-0.05, 0) is 42.7 Å². The smallest absolute Gasteiger partial charge is 0.164 e. The van der Waals surface area contributed by atoms with Crippen molar-refractivity contribution in [3.05, 3.63) is 59.2 Å². The van der Waals surface area contributed by atoms with Crippen LogP contribution in [0.4, 0.5) is 5.69 Å². The van der Waals surface area contributed by atoms with Crippen molar-refractivity contribution in [3.63, 3.8) is 0 Å². The molecule has 148 valence electrons. The van der Waals surface area contributed by atoms with Crippen molar-refractivity contribution in [1.29, 1.82) is 0 Å². The molecule has 7 heteroatoms. The largest absolute Gasteiger partial charge is 0.495 e. The number of thioether (sulfide) groups is 1. The number of aryl methyl sites for hydroxylation is 2. The van der Waals surface area contributed by atoms with E-state index < -0.39 is 9.84 Å². The molecule has 0 aliphatic carbocycles. The number of methoxy groups -OCH3 is 1. The van der Waals surface area contributed by atoms with Gasteiger partial charge in [-0.2, -0.15) is 0 Å². The number of ether oxygens (including phenoxy) is 1. The standard InChI is InChI=1S/C21H24N2O3S2/c1-14-8-9-16(10-15(14)2)11-27-21-22-17-12-28(24,25)13-19(17)23(21)18-6-4-5-7-20(18)26-3/h4-10,17,19H,11-13H2,1-3H3. The molecule has 5 nitrogen and oxygen atoms in total. The number of aliphatic imine (C=N–C) groups is 1. The Morgan fingerprint density at radius 1 is 1.14 bits per heavy atom. The van der Waals surface area contributed by atoms with Crippen molar-refractivity contribution in [2.24, 2.45) is 4.99 Å². The molecule has 0 spiro atoms. The van der Waals surface area contributed by atoms with Gasteiger partial charge in [-0.3, -0.25) is 4.99 Å². The molecule has 0 N–H and O–H groups in total. The van der Waals surface area contributed by atoms with Gasteiger partial charge >= 0.3 is 0 Å². The van der Waals surface area contributed by atoms with Crippen LogP contribution in [-0.4, -0.2) is 44.3 Å². The molecule has 2 heterocycles. The van der Waals surface area contributed by atoms with Gasteiger partial charge in [-0.25, -0.2) is 8.42 Å². The SMILES string of the molecule is COc1ccccc1N1C(SCc2ccc(C)c(C)c2)=NC2CS(=O)(=O)CC21. The van der Waals surface area contributed by atoms with Crippen LogP contribution in [0.1, 0.15) is 16.7 Å². The third-order valence-electron chi connectivity index (χ3n) is 5.39. The monoisotopic (exact) mass is 416 g/mol. The minimum atomic E-state index is -3.07. The molecule has 0 amide bonds. The highest BCUT2D eigenvalue weighted by molar-refractivity contribution is 8.13. The number of amidine groups is 1. The van der Waals surface area contributed by atoms with Gasteiger partial charge in [0.25, 0.3) is 0 Å². The number of nitrogens with zero attached hydrogens (tertiary/aromatic N) is 2. The number of hydrogen-bond acceptors (Lipinski definition) is 6. The maximum absolute atomic E-state index is 12.2. The van der Waals surface area contributed by atoms with E-state index in [-0.39, 0.29) is 23.6 Å². The molecule has 28 heavy (non-hydrogen) atoms. The first-order valence-corrected chi connectivity index (χ1v) is 12.1. The zero-order valence-electron chi connectivity index (χ0n) is 16.3. The molecule has 2 aromatic carbocycles. The van der Waals surface area contributed by atoms with Crippen molar-refractivity contribution in [1.82, 2.24) is 0 Å². The highest BCUT2D eigenvalue weighted by Crippen LogP contribution is 2.39. The number of fused-ring (bicyclic) bond motifs is 1. The van der Waals surface area contributed by atoms with Crippen LogP contribution in [0.2, 0.25) is 0 Å². The predicted molar refractivity (Wildman–Crippen MR) is 116 cm³/mol. The topological polar surface area (TPSA) is 59.0 Å². The van der Waals surface area contributed by atoms with Gasteiger partial charge in [0.15, 0.2) is 15.0 Å². The van der Waals surface area contributed by atoms with Crippen LogP contribution < -0.4 is 9.64 Å². The van der Waals surface area contributed by atoms with E-state index in [4.69, 9.17) is 9.73 Å². The number of hydrogen-bond donors (Lipinski definition) is 0. The Balaban J connectivity index is 1.64. The molecule has 2 atom stereocenters. The van der Waals surface area contributed by atoms with E-state index in [0.29, 0.717) is 0 Å². The summed E-state index contributed by atoms with van der Waals surface area (Å²) in [5, 5.41) is 0.868. The molecule has 0 radical (unpaired) electrons. The highest BCUT2D eigenvalue weighted by atomic mass is 32.2. The van der Waals surface area contributed by atoms with Gasteiger partial charge in [0.05, 0.1) is 36.4 Å². The first kappa shape index (κ1) is 19.3. The third kappa shape index (κ3) is 3.65. The Bertz CT molecular complexity index is 1030. The van der Waals surface area contributed by atoms with Crippen LogP contribution in [0.15, 0.2) is 47.5 Å². The second kappa shape index (κ2) is 7.44. The third-order valence-corrected chi connectivity index (χ3v) is 8.13. The summed E-state index contributed by atoms with van der Waals surface area (Å²) in [6.07, 6.45) is 0. The summed E-state index contributed by atoms with van der Waals surface area (Å²) in [6.45, 7) is 4.23. The van der Waals surface area contributed by atoms with Crippen LogP contribution in [0.5, 0.6) is 5.75 Å². The molecule has 0 aromatic heterocycles. The summed E-state index contributed by atoms with van der Waals surface area (Å²) in [6, 6.07) is 13.8. The van der Waals surface area contributed by atoms with E-state index in [1.807, 2.05) is 24.3 Å². The summed E-state index contributed by atoms with van der Waals surface area (Å²) in [4.78, 5) is 6.87. The predicted octanol–water partition coefficient (Wildman–Crippen LogP) is 3.59. The molecule has 2 aliphatic heterocycles.